The predicted molar refractivity (Wildman–Crippen MR) is 72.2 cm³/mol. The predicted octanol–water partition coefficient (Wildman–Crippen LogP) is 0.888. The Labute approximate surface area is 122 Å². The number of hydrogen-bond acceptors (Lipinski definition) is 7. The Hall–Kier alpha value is -2.81. The van der Waals surface area contributed by atoms with Gasteiger partial charge in [0.15, 0.2) is 6.61 Å². The Morgan fingerprint density at radius 3 is 2.95 bits per heavy atom. The van der Waals surface area contributed by atoms with E-state index in [2.05, 4.69) is 25.6 Å². The Kier molecular flexibility index (Phi) is 3.10. The normalized spacial score (nSPS) is 13.1. The lowest BCUT2D eigenvalue weighted by Crippen LogP contribution is -2.25. The number of benzene rings is 1. The number of nitrogens with two attached hydrogens (primary N) is 1. The fraction of sp³-hybridized carbons (Fsp3) is 0.0909. The van der Waals surface area contributed by atoms with Gasteiger partial charge in [0, 0.05) is 6.07 Å². The lowest BCUT2D eigenvalue weighted by molar-refractivity contribution is -0.118. The number of nitrogen functional groups attached to an aromatic ring is 1. The molecule has 1 aliphatic rings. The fourth-order valence-corrected chi connectivity index (χ4v) is 1.94. The van der Waals surface area contributed by atoms with E-state index in [1.54, 1.807) is 0 Å². The van der Waals surface area contributed by atoms with Crippen LogP contribution in [0.1, 0.15) is 10.5 Å². The van der Waals surface area contributed by atoms with Crippen LogP contribution < -0.4 is 21.1 Å². The monoisotopic (exact) mass is 309 g/mol. The minimum atomic E-state index is -0.629. The number of rotatable bonds is 2. The van der Waals surface area contributed by atoms with Gasteiger partial charge in [-0.25, -0.2) is 4.63 Å². The van der Waals surface area contributed by atoms with Crippen molar-refractivity contribution in [3.63, 3.8) is 0 Å². The molecule has 1 aliphatic heterocycles. The van der Waals surface area contributed by atoms with Gasteiger partial charge < -0.3 is 21.1 Å². The van der Waals surface area contributed by atoms with E-state index in [1.807, 2.05) is 0 Å². The highest BCUT2D eigenvalue weighted by Crippen LogP contribution is 2.36. The third-order valence-corrected chi connectivity index (χ3v) is 2.99. The molecule has 108 valence electrons. The number of amides is 2. The molecule has 0 radical (unpaired) electrons. The van der Waals surface area contributed by atoms with Crippen LogP contribution in [-0.2, 0) is 4.79 Å². The highest BCUT2D eigenvalue weighted by molar-refractivity contribution is 6.34. The first-order valence-electron chi connectivity index (χ1n) is 5.70. The van der Waals surface area contributed by atoms with Crippen LogP contribution in [0.2, 0.25) is 5.02 Å². The number of carbonyl (C=O) groups is 2. The number of ether oxygens (including phenoxy) is 1. The summed E-state index contributed by atoms with van der Waals surface area (Å²) in [6, 6.07) is 2.95. The molecule has 4 N–H and O–H groups in total. The molecule has 3 rings (SSSR count). The van der Waals surface area contributed by atoms with Crippen molar-refractivity contribution in [1.82, 2.24) is 10.3 Å². The van der Waals surface area contributed by atoms with E-state index in [9.17, 15) is 9.59 Å². The van der Waals surface area contributed by atoms with Gasteiger partial charge in [-0.1, -0.05) is 11.6 Å². The van der Waals surface area contributed by atoms with Crippen LogP contribution in [0.3, 0.4) is 0 Å². The van der Waals surface area contributed by atoms with Crippen molar-refractivity contribution >= 4 is 40.6 Å². The molecular weight excluding hydrogens is 302 g/mol. The number of carbonyl (C=O) groups excluding carboxylic acids is 2. The molecule has 21 heavy (non-hydrogen) atoms. The van der Waals surface area contributed by atoms with Crippen molar-refractivity contribution in [2.75, 3.05) is 23.0 Å². The van der Waals surface area contributed by atoms with Gasteiger partial charge in [-0.3, -0.25) is 9.59 Å². The van der Waals surface area contributed by atoms with E-state index in [1.165, 1.54) is 12.1 Å². The fourth-order valence-electron chi connectivity index (χ4n) is 1.73. The van der Waals surface area contributed by atoms with E-state index in [0.29, 0.717) is 11.4 Å². The van der Waals surface area contributed by atoms with Gasteiger partial charge >= 0.3 is 0 Å². The molecule has 0 saturated carbocycles. The Morgan fingerprint density at radius 1 is 1.43 bits per heavy atom. The van der Waals surface area contributed by atoms with Crippen LogP contribution in [0.25, 0.3) is 0 Å². The molecule has 0 fully saturated rings. The highest BCUT2D eigenvalue weighted by atomic mass is 35.5. The Morgan fingerprint density at radius 2 is 2.24 bits per heavy atom. The maximum absolute atomic E-state index is 11.9. The van der Waals surface area contributed by atoms with Crippen LogP contribution in [-0.4, -0.2) is 28.7 Å². The molecule has 10 heteroatoms. The molecule has 2 heterocycles. The molecule has 1 aromatic heterocycles. The summed E-state index contributed by atoms with van der Waals surface area (Å²) < 4.78 is 9.58. The summed E-state index contributed by atoms with van der Waals surface area (Å²) in [6.07, 6.45) is 0. The van der Waals surface area contributed by atoms with Gasteiger partial charge in [-0.05, 0) is 16.4 Å². The number of anilines is 3. The zero-order chi connectivity index (χ0) is 15.0. The first-order chi connectivity index (χ1) is 10.0. The maximum atomic E-state index is 11.9. The molecule has 0 spiro atoms. The highest BCUT2D eigenvalue weighted by Gasteiger charge is 2.21. The number of aromatic nitrogens is 2. The molecule has 9 nitrogen and oxygen atoms in total. The topological polar surface area (TPSA) is 132 Å². The molecule has 0 atom stereocenters. The van der Waals surface area contributed by atoms with Gasteiger partial charge in [0.2, 0.25) is 11.5 Å². The lowest BCUT2D eigenvalue weighted by Gasteiger charge is -2.19. The lowest BCUT2D eigenvalue weighted by atomic mass is 10.2. The van der Waals surface area contributed by atoms with E-state index in [-0.39, 0.29) is 34.7 Å². The molecule has 0 unspecified atom stereocenters. The first-order valence-corrected chi connectivity index (χ1v) is 6.08. The van der Waals surface area contributed by atoms with Gasteiger partial charge in [-0.2, -0.15) is 0 Å². The van der Waals surface area contributed by atoms with Crippen molar-refractivity contribution in [1.29, 1.82) is 0 Å². The summed E-state index contributed by atoms with van der Waals surface area (Å²) in [5.74, 6) is -0.655. The van der Waals surface area contributed by atoms with Crippen LogP contribution in [0.4, 0.5) is 17.2 Å². The van der Waals surface area contributed by atoms with Gasteiger partial charge in [-0.15, -0.1) is 0 Å². The summed E-state index contributed by atoms with van der Waals surface area (Å²) in [5, 5.41) is 12.0. The molecule has 2 amide bonds. The third-order valence-electron chi connectivity index (χ3n) is 2.68. The van der Waals surface area contributed by atoms with Crippen LogP contribution in [0.5, 0.6) is 5.75 Å². The number of nitrogens with one attached hydrogen (secondary N) is 2. The van der Waals surface area contributed by atoms with Crippen LogP contribution >= 0.6 is 11.6 Å². The SMILES string of the molecule is Nc1nonc1C(=O)Nc1cc2c(cc1Cl)NC(=O)CO2. The van der Waals surface area contributed by atoms with Crippen molar-refractivity contribution < 1.29 is 19.0 Å². The number of fused-ring (bicyclic) bond motifs is 1. The van der Waals surface area contributed by atoms with E-state index >= 15 is 0 Å². The number of halogens is 1. The molecule has 0 bridgehead atoms. The second-order valence-electron chi connectivity index (χ2n) is 4.12. The molecule has 0 aliphatic carbocycles. The second-order valence-corrected chi connectivity index (χ2v) is 4.52. The third kappa shape index (κ3) is 2.46. The van der Waals surface area contributed by atoms with Crippen molar-refractivity contribution in [3.8, 4) is 5.75 Å². The Bertz CT molecular complexity index is 744. The average Bonchev–Trinajstić information content (AvgIpc) is 2.86. The largest absolute Gasteiger partial charge is 0.482 e. The second kappa shape index (κ2) is 4.94. The number of nitrogens with zero attached hydrogens (tertiary/aromatic N) is 2. The molecule has 0 saturated heterocycles. The standard InChI is InChI=1S/C11H8ClN5O4/c12-4-1-6-7(20-3-8(18)14-6)2-5(4)15-11(19)9-10(13)17-21-16-9/h1-2H,3H2,(H2,13,17)(H,14,18)(H,15,19). The van der Waals surface area contributed by atoms with E-state index in [4.69, 9.17) is 22.1 Å². The molecular formula is C11H8ClN5O4. The quantitative estimate of drug-likeness (QED) is 0.750. The first kappa shape index (κ1) is 13.2. The van der Waals surface area contributed by atoms with E-state index in [0.717, 1.165) is 0 Å². The molecule has 2 aromatic rings. The average molecular weight is 310 g/mol. The Balaban J connectivity index is 1.88. The zero-order valence-electron chi connectivity index (χ0n) is 10.3. The number of hydrogen-bond donors (Lipinski definition) is 3. The maximum Gasteiger partial charge on any atom is 0.281 e. The van der Waals surface area contributed by atoms with Crippen molar-refractivity contribution in [3.05, 3.63) is 22.8 Å². The zero-order valence-corrected chi connectivity index (χ0v) is 11.1. The minimum Gasteiger partial charge on any atom is -0.482 e. The van der Waals surface area contributed by atoms with Crippen molar-refractivity contribution in [2.45, 2.75) is 0 Å². The minimum absolute atomic E-state index is 0.109. The van der Waals surface area contributed by atoms with Gasteiger partial charge in [0.05, 0.1) is 16.4 Å². The van der Waals surface area contributed by atoms with E-state index < -0.39 is 5.91 Å². The van der Waals surface area contributed by atoms with Gasteiger partial charge in [0.25, 0.3) is 11.8 Å². The summed E-state index contributed by atoms with van der Waals surface area (Å²) in [4.78, 5) is 23.1. The summed E-state index contributed by atoms with van der Waals surface area (Å²) >= 11 is 6.04. The van der Waals surface area contributed by atoms with Crippen LogP contribution in [0, 0.1) is 0 Å². The van der Waals surface area contributed by atoms with Crippen molar-refractivity contribution in [2.24, 2.45) is 0 Å². The molecule has 1 aromatic carbocycles. The summed E-state index contributed by atoms with van der Waals surface area (Å²) in [6.45, 7) is -0.109. The van der Waals surface area contributed by atoms with Crippen LogP contribution in [0.15, 0.2) is 16.8 Å². The summed E-state index contributed by atoms with van der Waals surface area (Å²) in [7, 11) is 0. The van der Waals surface area contributed by atoms with Gasteiger partial charge in [0.1, 0.15) is 5.75 Å². The smallest absolute Gasteiger partial charge is 0.281 e. The summed E-state index contributed by atoms with van der Waals surface area (Å²) in [5.41, 5.74) is 5.98.